The van der Waals surface area contributed by atoms with Gasteiger partial charge in [0.2, 0.25) is 5.91 Å². The molecule has 0 bridgehead atoms. The van der Waals surface area contributed by atoms with E-state index in [1.807, 2.05) is 4.90 Å². The van der Waals surface area contributed by atoms with Gasteiger partial charge >= 0.3 is 0 Å². The quantitative estimate of drug-likeness (QED) is 0.580. The molecular weight excluding hydrogens is 322 g/mol. The first-order valence-corrected chi connectivity index (χ1v) is 9.17. The summed E-state index contributed by atoms with van der Waals surface area (Å²) >= 11 is 0. The Kier molecular flexibility index (Phi) is 6.40. The van der Waals surface area contributed by atoms with Crippen LogP contribution >= 0.6 is 0 Å². The lowest BCUT2D eigenvalue weighted by Gasteiger charge is -2.43. The second-order valence-electron chi connectivity index (χ2n) is 7.77. The van der Waals surface area contributed by atoms with Crippen LogP contribution in [0.5, 0.6) is 0 Å². The van der Waals surface area contributed by atoms with Crippen molar-refractivity contribution in [3.63, 3.8) is 0 Å². The summed E-state index contributed by atoms with van der Waals surface area (Å²) in [6.45, 7) is 9.13. The van der Waals surface area contributed by atoms with E-state index >= 15 is 0 Å². The molecule has 8 nitrogen and oxygen atoms in total. The van der Waals surface area contributed by atoms with Gasteiger partial charge in [0.25, 0.3) is 11.8 Å². The molecule has 25 heavy (non-hydrogen) atoms. The van der Waals surface area contributed by atoms with Gasteiger partial charge < -0.3 is 20.9 Å². The fraction of sp³-hybridized carbons (Fsp3) is 0.824. The highest BCUT2D eigenvalue weighted by Gasteiger charge is 2.40. The summed E-state index contributed by atoms with van der Waals surface area (Å²) in [5.41, 5.74) is 10.7. The van der Waals surface area contributed by atoms with E-state index in [0.29, 0.717) is 32.0 Å². The van der Waals surface area contributed by atoms with Gasteiger partial charge in [0.05, 0.1) is 13.1 Å². The Labute approximate surface area is 149 Å². The molecule has 0 unspecified atom stereocenters. The Hall–Kier alpha value is -1.67. The van der Waals surface area contributed by atoms with Crippen LogP contribution in [0, 0.1) is 5.92 Å². The summed E-state index contributed by atoms with van der Waals surface area (Å²) in [5.74, 6) is -0.691. The second kappa shape index (κ2) is 8.14. The van der Waals surface area contributed by atoms with Crippen LogP contribution in [0.3, 0.4) is 0 Å². The Morgan fingerprint density at radius 2 is 1.44 bits per heavy atom. The summed E-state index contributed by atoms with van der Waals surface area (Å²) in [5, 5.41) is 0. The molecule has 2 heterocycles. The highest BCUT2D eigenvalue weighted by atomic mass is 16.2. The maximum atomic E-state index is 12.8. The van der Waals surface area contributed by atoms with E-state index in [1.54, 1.807) is 0 Å². The molecule has 0 aliphatic carbocycles. The molecule has 2 aliphatic rings. The van der Waals surface area contributed by atoms with Gasteiger partial charge in [0.1, 0.15) is 0 Å². The van der Waals surface area contributed by atoms with E-state index < -0.39 is 11.8 Å². The summed E-state index contributed by atoms with van der Waals surface area (Å²) in [4.78, 5) is 39.9. The standard InChI is InChI=1S/C17H31N5O3/c1-13(2)20-5-7-21(8-6-20)17(25)14-3-9-22(10-4-14,11-15(18)23)12-16(19)24/h13-14H,3-12H2,1-2H3,(H3-,18,19,23,24)/p+1. The molecule has 142 valence electrons. The lowest BCUT2D eigenvalue weighted by Crippen LogP contribution is -2.61. The highest BCUT2D eigenvalue weighted by molar-refractivity contribution is 5.79. The average molecular weight is 354 g/mol. The topological polar surface area (TPSA) is 110 Å². The van der Waals surface area contributed by atoms with Gasteiger partial charge in [-0.25, -0.2) is 0 Å². The number of nitrogens with two attached hydrogens (primary N) is 2. The lowest BCUT2D eigenvalue weighted by molar-refractivity contribution is -0.918. The highest BCUT2D eigenvalue weighted by Crippen LogP contribution is 2.25. The fourth-order valence-electron chi connectivity index (χ4n) is 4.11. The molecule has 0 aromatic carbocycles. The summed E-state index contributed by atoms with van der Waals surface area (Å²) in [6, 6.07) is 0.507. The van der Waals surface area contributed by atoms with Crippen molar-refractivity contribution in [1.29, 1.82) is 0 Å². The van der Waals surface area contributed by atoms with Crippen molar-refractivity contribution in [2.75, 3.05) is 52.4 Å². The number of rotatable bonds is 6. The van der Waals surface area contributed by atoms with Gasteiger partial charge in [0.15, 0.2) is 13.1 Å². The van der Waals surface area contributed by atoms with Crippen LogP contribution < -0.4 is 11.5 Å². The number of hydrogen-bond acceptors (Lipinski definition) is 4. The zero-order valence-electron chi connectivity index (χ0n) is 15.4. The van der Waals surface area contributed by atoms with Crippen LogP contribution in [0.4, 0.5) is 0 Å². The van der Waals surface area contributed by atoms with E-state index in [0.717, 1.165) is 26.2 Å². The SMILES string of the molecule is CC(C)N1CCN(C(=O)C2CC[N+](CC(N)=O)(CC(N)=O)CC2)CC1. The van der Waals surface area contributed by atoms with E-state index in [9.17, 15) is 14.4 Å². The van der Waals surface area contributed by atoms with E-state index in [2.05, 4.69) is 18.7 Å². The number of piperazine rings is 1. The van der Waals surface area contributed by atoms with Gasteiger partial charge in [-0.1, -0.05) is 0 Å². The monoisotopic (exact) mass is 354 g/mol. The Morgan fingerprint density at radius 1 is 0.960 bits per heavy atom. The van der Waals surface area contributed by atoms with Gasteiger partial charge in [-0.3, -0.25) is 19.3 Å². The molecule has 0 aromatic rings. The molecule has 0 radical (unpaired) electrons. The normalized spacial score (nSPS) is 22.1. The number of likely N-dealkylation sites (tertiary alicyclic amines) is 1. The zero-order chi connectivity index (χ0) is 18.6. The summed E-state index contributed by atoms with van der Waals surface area (Å²) in [7, 11) is 0. The Balaban J connectivity index is 1.91. The predicted molar refractivity (Wildman–Crippen MR) is 94.1 cm³/mol. The smallest absolute Gasteiger partial charge is 0.272 e. The Bertz CT molecular complexity index is 488. The number of nitrogens with zero attached hydrogens (tertiary/aromatic N) is 3. The third kappa shape index (κ3) is 5.15. The minimum absolute atomic E-state index is 0.0300. The number of hydrogen-bond donors (Lipinski definition) is 2. The molecule has 0 saturated carbocycles. The minimum atomic E-state index is -0.434. The molecule has 2 rings (SSSR count). The van der Waals surface area contributed by atoms with E-state index in [-0.39, 0.29) is 29.4 Å². The number of primary amides is 2. The fourth-order valence-corrected chi connectivity index (χ4v) is 4.11. The number of quaternary nitrogens is 1. The van der Waals surface area contributed by atoms with Crippen molar-refractivity contribution < 1.29 is 18.9 Å². The molecule has 2 saturated heterocycles. The first-order valence-electron chi connectivity index (χ1n) is 9.17. The number of carbonyl (C=O) groups is 3. The van der Waals surface area contributed by atoms with Crippen LogP contribution in [-0.4, -0.2) is 90.4 Å². The zero-order valence-corrected chi connectivity index (χ0v) is 15.4. The number of amides is 3. The average Bonchev–Trinajstić information content (AvgIpc) is 2.53. The number of carbonyl (C=O) groups excluding carboxylic acids is 3. The van der Waals surface area contributed by atoms with Crippen molar-refractivity contribution in [2.45, 2.75) is 32.7 Å². The number of piperidine rings is 1. The molecule has 3 amide bonds. The lowest BCUT2D eigenvalue weighted by atomic mass is 9.92. The third-order valence-electron chi connectivity index (χ3n) is 5.59. The van der Waals surface area contributed by atoms with Gasteiger partial charge in [0, 0.05) is 51.0 Å². The second-order valence-corrected chi connectivity index (χ2v) is 7.77. The maximum Gasteiger partial charge on any atom is 0.272 e. The van der Waals surface area contributed by atoms with Crippen molar-refractivity contribution in [3.8, 4) is 0 Å². The third-order valence-corrected chi connectivity index (χ3v) is 5.59. The van der Waals surface area contributed by atoms with Gasteiger partial charge in [-0.05, 0) is 13.8 Å². The summed E-state index contributed by atoms with van der Waals surface area (Å²) < 4.78 is 0.287. The molecule has 0 atom stereocenters. The van der Waals surface area contributed by atoms with Gasteiger partial charge in [-0.15, -0.1) is 0 Å². The van der Waals surface area contributed by atoms with Crippen molar-refractivity contribution >= 4 is 17.7 Å². The van der Waals surface area contributed by atoms with E-state index in [4.69, 9.17) is 11.5 Å². The van der Waals surface area contributed by atoms with Crippen LogP contribution in [0.1, 0.15) is 26.7 Å². The van der Waals surface area contributed by atoms with Crippen LogP contribution in [-0.2, 0) is 14.4 Å². The van der Waals surface area contributed by atoms with Gasteiger partial charge in [-0.2, -0.15) is 0 Å². The van der Waals surface area contributed by atoms with Crippen molar-refractivity contribution in [1.82, 2.24) is 9.80 Å². The largest absolute Gasteiger partial charge is 0.365 e. The predicted octanol–water partition coefficient (Wildman–Crippen LogP) is -1.26. The minimum Gasteiger partial charge on any atom is -0.365 e. The Morgan fingerprint density at radius 3 is 1.84 bits per heavy atom. The molecule has 2 aliphatic heterocycles. The summed E-state index contributed by atoms with van der Waals surface area (Å²) in [6.07, 6.45) is 1.34. The molecule has 8 heteroatoms. The van der Waals surface area contributed by atoms with Crippen LogP contribution in [0.2, 0.25) is 0 Å². The van der Waals surface area contributed by atoms with Crippen LogP contribution in [0.15, 0.2) is 0 Å². The van der Waals surface area contributed by atoms with E-state index in [1.165, 1.54) is 0 Å². The van der Waals surface area contributed by atoms with Crippen molar-refractivity contribution in [2.24, 2.45) is 17.4 Å². The molecular formula is C17H32N5O3+. The molecule has 0 spiro atoms. The van der Waals surface area contributed by atoms with Crippen molar-refractivity contribution in [3.05, 3.63) is 0 Å². The molecule has 2 fully saturated rings. The van der Waals surface area contributed by atoms with Crippen LogP contribution in [0.25, 0.3) is 0 Å². The first-order chi connectivity index (χ1) is 11.7. The first kappa shape index (κ1) is 19.7. The maximum absolute atomic E-state index is 12.8. The molecule has 4 N–H and O–H groups in total. The molecule has 0 aromatic heterocycles.